The van der Waals surface area contributed by atoms with E-state index in [1.807, 2.05) is 25.1 Å². The van der Waals surface area contributed by atoms with E-state index in [0.717, 1.165) is 11.1 Å². The van der Waals surface area contributed by atoms with Gasteiger partial charge in [0.25, 0.3) is 0 Å². The number of nitrogens with one attached hydrogen (secondary N) is 1. The van der Waals surface area contributed by atoms with Crippen molar-refractivity contribution < 1.29 is 19.1 Å². The molecule has 1 heterocycles. The molecule has 0 atom stereocenters. The summed E-state index contributed by atoms with van der Waals surface area (Å²) >= 11 is 0. The Labute approximate surface area is 220 Å². The molecule has 37 heavy (non-hydrogen) atoms. The lowest BCUT2D eigenvalue weighted by Gasteiger charge is -2.19. The summed E-state index contributed by atoms with van der Waals surface area (Å²) in [5, 5.41) is 4.11. The van der Waals surface area contributed by atoms with Gasteiger partial charge in [-0.15, -0.1) is 0 Å². The fourth-order valence-corrected chi connectivity index (χ4v) is 4.58. The molecule has 0 spiro atoms. The standard InChI is InChI=1S/C31H40N2O4/c1-5-10-27(11-6-2)33-18-17-25-21-24(15-16-29(25)33)23(4)20-30(34)32-26-12-8-13-28(22-26)37-19-9-14-31(35)36-7-3/h8,12-13,15-18,20-22,27H,5-7,9-11,14,19H2,1-4H3,(H,32,34). The zero-order valence-electron chi connectivity index (χ0n) is 22.6. The van der Waals surface area contributed by atoms with Gasteiger partial charge in [0.1, 0.15) is 5.75 Å². The lowest BCUT2D eigenvalue weighted by Crippen LogP contribution is -2.09. The second-order valence-corrected chi connectivity index (χ2v) is 9.33. The largest absolute Gasteiger partial charge is 0.494 e. The van der Waals surface area contributed by atoms with Crippen LogP contribution < -0.4 is 10.1 Å². The predicted molar refractivity (Wildman–Crippen MR) is 151 cm³/mol. The number of esters is 1. The summed E-state index contributed by atoms with van der Waals surface area (Å²) in [7, 11) is 0. The van der Waals surface area contributed by atoms with E-state index in [1.54, 1.807) is 19.1 Å². The average Bonchev–Trinajstić information content (AvgIpc) is 3.30. The van der Waals surface area contributed by atoms with E-state index in [9.17, 15) is 9.59 Å². The Hall–Kier alpha value is -3.54. The maximum Gasteiger partial charge on any atom is 0.305 e. The van der Waals surface area contributed by atoms with Gasteiger partial charge in [0.2, 0.25) is 5.91 Å². The molecule has 6 nitrogen and oxygen atoms in total. The summed E-state index contributed by atoms with van der Waals surface area (Å²) < 4.78 is 13.0. The van der Waals surface area contributed by atoms with Crippen LogP contribution in [0.15, 0.2) is 60.8 Å². The van der Waals surface area contributed by atoms with Crippen LogP contribution in [0.4, 0.5) is 5.69 Å². The minimum absolute atomic E-state index is 0.194. The minimum atomic E-state index is -0.219. The Kier molecular flexibility index (Phi) is 10.8. The Bertz CT molecular complexity index is 1200. The summed E-state index contributed by atoms with van der Waals surface area (Å²) in [5.74, 6) is 0.227. The number of amides is 1. The van der Waals surface area contributed by atoms with Crippen molar-refractivity contribution in [1.82, 2.24) is 4.57 Å². The highest BCUT2D eigenvalue weighted by atomic mass is 16.5. The van der Waals surface area contributed by atoms with Crippen LogP contribution in [0.3, 0.4) is 0 Å². The van der Waals surface area contributed by atoms with E-state index < -0.39 is 0 Å². The van der Waals surface area contributed by atoms with E-state index in [2.05, 4.69) is 54.2 Å². The topological polar surface area (TPSA) is 69.6 Å². The van der Waals surface area contributed by atoms with Crippen molar-refractivity contribution in [2.45, 2.75) is 72.3 Å². The molecule has 1 N–H and O–H groups in total. The number of fused-ring (bicyclic) bond motifs is 1. The van der Waals surface area contributed by atoms with Gasteiger partial charge in [-0.25, -0.2) is 0 Å². The Balaban J connectivity index is 1.62. The number of hydrogen-bond acceptors (Lipinski definition) is 4. The summed E-state index contributed by atoms with van der Waals surface area (Å²) in [4.78, 5) is 24.2. The molecule has 0 fully saturated rings. The average molecular weight is 505 g/mol. The third kappa shape index (κ3) is 8.24. The molecule has 0 bridgehead atoms. The monoisotopic (exact) mass is 504 g/mol. The molecule has 0 saturated heterocycles. The van der Waals surface area contributed by atoms with Crippen molar-refractivity contribution in [3.63, 3.8) is 0 Å². The smallest absolute Gasteiger partial charge is 0.305 e. The first-order chi connectivity index (χ1) is 17.9. The second-order valence-electron chi connectivity index (χ2n) is 9.33. The number of carbonyl (C=O) groups excluding carboxylic acids is 2. The first-order valence-electron chi connectivity index (χ1n) is 13.4. The van der Waals surface area contributed by atoms with Crippen LogP contribution in [-0.4, -0.2) is 29.7 Å². The van der Waals surface area contributed by atoms with Crippen molar-refractivity contribution in [3.05, 3.63) is 66.4 Å². The molecule has 2 aromatic carbocycles. The highest BCUT2D eigenvalue weighted by Crippen LogP contribution is 2.29. The molecule has 0 unspecified atom stereocenters. The van der Waals surface area contributed by atoms with Crippen LogP contribution in [0.1, 0.15) is 77.8 Å². The predicted octanol–water partition coefficient (Wildman–Crippen LogP) is 7.55. The Morgan fingerprint density at radius 3 is 2.54 bits per heavy atom. The summed E-state index contributed by atoms with van der Waals surface area (Å²) in [6.45, 7) is 9.01. The molecule has 0 saturated carbocycles. The van der Waals surface area contributed by atoms with Crippen molar-refractivity contribution in [1.29, 1.82) is 0 Å². The SMILES string of the molecule is CCCC(CCC)n1ccc2cc(C(C)=CC(=O)Nc3cccc(OCCCC(=O)OCC)c3)ccc21. The van der Waals surface area contributed by atoms with Crippen molar-refractivity contribution >= 4 is 34.0 Å². The maximum absolute atomic E-state index is 12.7. The lowest BCUT2D eigenvalue weighted by atomic mass is 10.0. The van der Waals surface area contributed by atoms with Crippen LogP contribution >= 0.6 is 0 Å². The quantitative estimate of drug-likeness (QED) is 0.140. The highest BCUT2D eigenvalue weighted by molar-refractivity contribution is 6.04. The number of carbonyl (C=O) groups is 2. The number of aromatic nitrogens is 1. The van der Waals surface area contributed by atoms with Crippen LogP contribution in [0, 0.1) is 0 Å². The van der Waals surface area contributed by atoms with Crippen LogP contribution in [0.2, 0.25) is 0 Å². The van der Waals surface area contributed by atoms with E-state index in [0.29, 0.717) is 43.5 Å². The first-order valence-corrected chi connectivity index (χ1v) is 13.4. The third-order valence-corrected chi connectivity index (χ3v) is 6.36. The molecule has 0 radical (unpaired) electrons. The molecule has 198 valence electrons. The molecule has 0 aliphatic rings. The molecule has 1 amide bonds. The number of nitrogens with zero attached hydrogens (tertiary/aromatic N) is 1. The maximum atomic E-state index is 12.7. The molecule has 3 aromatic rings. The Morgan fingerprint density at radius 1 is 1.03 bits per heavy atom. The van der Waals surface area contributed by atoms with Gasteiger partial charge in [0, 0.05) is 47.4 Å². The normalized spacial score (nSPS) is 11.6. The number of anilines is 1. The van der Waals surface area contributed by atoms with Crippen LogP contribution in [0.25, 0.3) is 16.5 Å². The number of hydrogen-bond donors (Lipinski definition) is 1. The minimum Gasteiger partial charge on any atom is -0.494 e. The Morgan fingerprint density at radius 2 is 1.81 bits per heavy atom. The van der Waals surface area contributed by atoms with Gasteiger partial charge in [-0.3, -0.25) is 9.59 Å². The molecule has 0 aliphatic carbocycles. The van der Waals surface area contributed by atoms with Crippen molar-refractivity contribution in [2.24, 2.45) is 0 Å². The highest BCUT2D eigenvalue weighted by Gasteiger charge is 2.12. The van der Waals surface area contributed by atoms with E-state index in [1.165, 1.54) is 36.6 Å². The van der Waals surface area contributed by atoms with Gasteiger partial charge in [-0.1, -0.05) is 38.8 Å². The molecule has 1 aromatic heterocycles. The fraction of sp³-hybridized carbons (Fsp3) is 0.419. The van der Waals surface area contributed by atoms with Gasteiger partial charge in [0.05, 0.1) is 13.2 Å². The molecular weight excluding hydrogens is 464 g/mol. The summed E-state index contributed by atoms with van der Waals surface area (Å²) in [6.07, 6.45) is 9.42. The van der Waals surface area contributed by atoms with Crippen molar-refractivity contribution in [3.8, 4) is 5.75 Å². The fourth-order valence-electron chi connectivity index (χ4n) is 4.58. The lowest BCUT2D eigenvalue weighted by molar-refractivity contribution is -0.143. The van der Waals surface area contributed by atoms with Crippen LogP contribution in [-0.2, 0) is 14.3 Å². The number of rotatable bonds is 14. The second kappa shape index (κ2) is 14.3. The summed E-state index contributed by atoms with van der Waals surface area (Å²) in [5.41, 5.74) is 3.83. The van der Waals surface area contributed by atoms with Gasteiger partial charge in [0.15, 0.2) is 0 Å². The molecular formula is C31H40N2O4. The number of ether oxygens (including phenoxy) is 2. The van der Waals surface area contributed by atoms with Gasteiger partial charge in [-0.2, -0.15) is 0 Å². The van der Waals surface area contributed by atoms with Crippen molar-refractivity contribution in [2.75, 3.05) is 18.5 Å². The number of benzene rings is 2. The van der Waals surface area contributed by atoms with E-state index >= 15 is 0 Å². The van der Waals surface area contributed by atoms with E-state index in [-0.39, 0.29) is 11.9 Å². The zero-order valence-corrected chi connectivity index (χ0v) is 22.6. The molecule has 3 rings (SSSR count). The zero-order chi connectivity index (χ0) is 26.6. The summed E-state index contributed by atoms with van der Waals surface area (Å²) in [6, 6.07) is 16.4. The van der Waals surface area contributed by atoms with Gasteiger partial charge >= 0.3 is 5.97 Å². The van der Waals surface area contributed by atoms with Gasteiger partial charge in [-0.05, 0) is 74.6 Å². The molecule has 6 heteroatoms. The van der Waals surface area contributed by atoms with Crippen LogP contribution in [0.5, 0.6) is 5.75 Å². The third-order valence-electron chi connectivity index (χ3n) is 6.36. The first kappa shape index (κ1) is 28.0. The van der Waals surface area contributed by atoms with E-state index in [4.69, 9.17) is 9.47 Å². The number of allylic oxidation sites excluding steroid dienone is 1. The van der Waals surface area contributed by atoms with Gasteiger partial charge < -0.3 is 19.4 Å². The molecule has 0 aliphatic heterocycles.